The normalized spacial score (nSPS) is 10.8. The molecule has 1 aromatic carbocycles. The first-order chi connectivity index (χ1) is 9.63. The van der Waals surface area contributed by atoms with Crippen LogP contribution < -0.4 is 0 Å². The molecule has 0 aliphatic heterocycles. The van der Waals surface area contributed by atoms with Crippen LogP contribution in [0, 0.1) is 6.92 Å². The van der Waals surface area contributed by atoms with E-state index < -0.39 is 5.97 Å². The lowest BCUT2D eigenvalue weighted by Crippen LogP contribution is -2.11. The van der Waals surface area contributed by atoms with Crippen molar-refractivity contribution in [3.63, 3.8) is 0 Å². The molecule has 2 heterocycles. The minimum absolute atomic E-state index is 0.187. The maximum absolute atomic E-state index is 10.7. The Bertz CT molecular complexity index is 795. The van der Waals surface area contributed by atoms with Gasteiger partial charge in [0.15, 0.2) is 5.82 Å². The quantitative estimate of drug-likeness (QED) is 0.784. The van der Waals surface area contributed by atoms with Crippen molar-refractivity contribution in [2.75, 3.05) is 0 Å². The zero-order chi connectivity index (χ0) is 14.1. The minimum Gasteiger partial charge on any atom is -0.480 e. The van der Waals surface area contributed by atoms with Gasteiger partial charge in [-0.1, -0.05) is 6.07 Å². The maximum atomic E-state index is 10.7. The number of carboxylic acid groups (broad SMARTS) is 1. The summed E-state index contributed by atoms with van der Waals surface area (Å²) in [6.07, 6.45) is 1.74. The third-order valence-corrected chi connectivity index (χ3v) is 3.00. The average molecular weight is 268 g/mol. The number of nitrogens with zero attached hydrogens (tertiary/aromatic N) is 4. The predicted octanol–water partition coefficient (Wildman–Crippen LogP) is 1.89. The van der Waals surface area contributed by atoms with Gasteiger partial charge in [-0.15, -0.1) is 0 Å². The Morgan fingerprint density at radius 1 is 1.35 bits per heavy atom. The zero-order valence-corrected chi connectivity index (χ0v) is 10.8. The maximum Gasteiger partial charge on any atom is 0.325 e. The third-order valence-electron chi connectivity index (χ3n) is 3.00. The molecule has 0 amide bonds. The summed E-state index contributed by atoms with van der Waals surface area (Å²) in [5, 5.41) is 14.0. The minimum atomic E-state index is -0.938. The van der Waals surface area contributed by atoms with E-state index in [1.54, 1.807) is 13.1 Å². The molecule has 0 bridgehead atoms. The Labute approximate surface area is 114 Å². The second-order valence-electron chi connectivity index (χ2n) is 4.44. The molecule has 3 aromatic rings. The summed E-state index contributed by atoms with van der Waals surface area (Å²) < 4.78 is 1.38. The zero-order valence-electron chi connectivity index (χ0n) is 10.8. The summed E-state index contributed by atoms with van der Waals surface area (Å²) in [6, 6.07) is 9.57. The topological polar surface area (TPSA) is 80.9 Å². The van der Waals surface area contributed by atoms with Crippen LogP contribution in [0.2, 0.25) is 0 Å². The number of fused-ring (bicyclic) bond motifs is 1. The van der Waals surface area contributed by atoms with E-state index in [-0.39, 0.29) is 6.54 Å². The third kappa shape index (κ3) is 2.23. The van der Waals surface area contributed by atoms with Crippen molar-refractivity contribution < 1.29 is 9.90 Å². The summed E-state index contributed by atoms with van der Waals surface area (Å²) in [4.78, 5) is 19.3. The van der Waals surface area contributed by atoms with E-state index in [1.165, 1.54) is 4.68 Å². The fraction of sp³-hybridized carbons (Fsp3) is 0.143. The Kier molecular flexibility index (Phi) is 2.90. The van der Waals surface area contributed by atoms with E-state index in [4.69, 9.17) is 5.11 Å². The fourth-order valence-electron chi connectivity index (χ4n) is 2.03. The van der Waals surface area contributed by atoms with Crippen LogP contribution in [0.5, 0.6) is 0 Å². The number of aromatic nitrogens is 4. The molecule has 1 N–H and O–H groups in total. The molecule has 0 saturated carbocycles. The molecule has 0 fully saturated rings. The summed E-state index contributed by atoms with van der Waals surface area (Å²) in [7, 11) is 0. The Hall–Kier alpha value is -2.76. The molecule has 0 saturated heterocycles. The largest absolute Gasteiger partial charge is 0.480 e. The van der Waals surface area contributed by atoms with Gasteiger partial charge in [-0.25, -0.2) is 9.67 Å². The second-order valence-corrected chi connectivity index (χ2v) is 4.44. The Balaban J connectivity index is 2.04. The number of carboxylic acids is 1. The van der Waals surface area contributed by atoms with Crippen molar-refractivity contribution in [3.05, 3.63) is 42.4 Å². The summed E-state index contributed by atoms with van der Waals surface area (Å²) in [6.45, 7) is 1.55. The first-order valence-corrected chi connectivity index (χ1v) is 6.12. The van der Waals surface area contributed by atoms with Crippen LogP contribution in [0.25, 0.3) is 22.3 Å². The SMILES string of the molecule is Cc1nc(-c2ccc3ncccc3c2)nn1CC(=O)O. The first-order valence-electron chi connectivity index (χ1n) is 6.12. The predicted molar refractivity (Wildman–Crippen MR) is 73.1 cm³/mol. The molecule has 20 heavy (non-hydrogen) atoms. The number of hydrogen-bond donors (Lipinski definition) is 1. The number of aryl methyl sites for hydroxylation is 1. The molecule has 0 atom stereocenters. The molecule has 100 valence electrons. The first kappa shape index (κ1) is 12.3. The van der Waals surface area contributed by atoms with E-state index >= 15 is 0 Å². The van der Waals surface area contributed by atoms with Gasteiger partial charge >= 0.3 is 5.97 Å². The highest BCUT2D eigenvalue weighted by molar-refractivity contribution is 5.83. The van der Waals surface area contributed by atoms with Crippen LogP contribution >= 0.6 is 0 Å². The molecule has 0 aliphatic rings. The number of pyridine rings is 1. The number of carbonyl (C=O) groups is 1. The second kappa shape index (κ2) is 4.73. The highest BCUT2D eigenvalue weighted by atomic mass is 16.4. The lowest BCUT2D eigenvalue weighted by Gasteiger charge is -1.99. The van der Waals surface area contributed by atoms with Gasteiger partial charge in [-0.3, -0.25) is 9.78 Å². The number of benzene rings is 1. The summed E-state index contributed by atoms with van der Waals surface area (Å²) >= 11 is 0. The number of hydrogen-bond acceptors (Lipinski definition) is 4. The van der Waals surface area contributed by atoms with E-state index in [9.17, 15) is 4.79 Å². The van der Waals surface area contributed by atoms with Crippen LogP contribution in [0.4, 0.5) is 0 Å². The number of aliphatic carboxylic acids is 1. The summed E-state index contributed by atoms with van der Waals surface area (Å²) in [5.41, 5.74) is 1.75. The Morgan fingerprint density at radius 3 is 3.00 bits per heavy atom. The van der Waals surface area contributed by atoms with Crippen molar-refractivity contribution in [1.29, 1.82) is 0 Å². The fourth-order valence-corrected chi connectivity index (χ4v) is 2.03. The van der Waals surface area contributed by atoms with Crippen LogP contribution in [0.3, 0.4) is 0 Å². The highest BCUT2D eigenvalue weighted by Crippen LogP contribution is 2.21. The van der Waals surface area contributed by atoms with E-state index in [2.05, 4.69) is 15.1 Å². The van der Waals surface area contributed by atoms with E-state index in [0.717, 1.165) is 16.5 Å². The highest BCUT2D eigenvalue weighted by Gasteiger charge is 2.11. The molecule has 0 radical (unpaired) electrons. The van der Waals surface area contributed by atoms with Gasteiger partial charge in [-0.2, -0.15) is 5.10 Å². The van der Waals surface area contributed by atoms with Gasteiger partial charge in [0.2, 0.25) is 0 Å². The van der Waals surface area contributed by atoms with Gasteiger partial charge in [0.25, 0.3) is 0 Å². The van der Waals surface area contributed by atoms with Gasteiger partial charge in [0, 0.05) is 17.1 Å². The van der Waals surface area contributed by atoms with Gasteiger partial charge in [-0.05, 0) is 31.2 Å². The van der Waals surface area contributed by atoms with Crippen LogP contribution in [0.1, 0.15) is 5.82 Å². The molecule has 0 aliphatic carbocycles. The lowest BCUT2D eigenvalue weighted by atomic mass is 10.1. The molecule has 6 heteroatoms. The smallest absolute Gasteiger partial charge is 0.325 e. The van der Waals surface area contributed by atoms with Crippen molar-refractivity contribution in [3.8, 4) is 11.4 Å². The standard InChI is InChI=1S/C14H12N4O2/c1-9-16-14(17-18(9)8-13(19)20)11-4-5-12-10(7-11)3-2-6-15-12/h2-7H,8H2,1H3,(H,19,20). The molecule has 3 rings (SSSR count). The van der Waals surface area contributed by atoms with Crippen molar-refractivity contribution >= 4 is 16.9 Å². The van der Waals surface area contributed by atoms with Crippen LogP contribution in [-0.4, -0.2) is 30.8 Å². The van der Waals surface area contributed by atoms with Crippen molar-refractivity contribution in [1.82, 2.24) is 19.7 Å². The van der Waals surface area contributed by atoms with E-state index in [0.29, 0.717) is 11.6 Å². The van der Waals surface area contributed by atoms with Gasteiger partial charge in [0.1, 0.15) is 12.4 Å². The van der Waals surface area contributed by atoms with Gasteiger partial charge in [0.05, 0.1) is 5.52 Å². The summed E-state index contributed by atoms with van der Waals surface area (Å²) in [5.74, 6) is 0.162. The number of rotatable bonds is 3. The van der Waals surface area contributed by atoms with Crippen molar-refractivity contribution in [2.24, 2.45) is 0 Å². The molecular formula is C14H12N4O2. The Morgan fingerprint density at radius 2 is 2.20 bits per heavy atom. The lowest BCUT2D eigenvalue weighted by molar-refractivity contribution is -0.137. The van der Waals surface area contributed by atoms with Crippen LogP contribution in [0.15, 0.2) is 36.5 Å². The monoisotopic (exact) mass is 268 g/mol. The van der Waals surface area contributed by atoms with E-state index in [1.807, 2.05) is 30.3 Å². The molecule has 0 unspecified atom stereocenters. The molecule has 0 spiro atoms. The molecule has 2 aromatic heterocycles. The van der Waals surface area contributed by atoms with Crippen molar-refractivity contribution in [2.45, 2.75) is 13.5 Å². The average Bonchev–Trinajstić information content (AvgIpc) is 2.79. The van der Waals surface area contributed by atoms with Gasteiger partial charge < -0.3 is 5.11 Å². The molecule has 6 nitrogen and oxygen atoms in total. The molecular weight excluding hydrogens is 256 g/mol. The van der Waals surface area contributed by atoms with Crippen LogP contribution in [-0.2, 0) is 11.3 Å².